The molecule has 2 aliphatic rings. The van der Waals surface area contributed by atoms with Crippen molar-refractivity contribution in [3.05, 3.63) is 0 Å². The predicted molar refractivity (Wildman–Crippen MR) is 68.0 cm³/mol. The molecule has 1 N–H and O–H groups in total. The van der Waals surface area contributed by atoms with Gasteiger partial charge in [-0.25, -0.2) is 0 Å². The molecule has 1 aliphatic carbocycles. The lowest BCUT2D eigenvalue weighted by Gasteiger charge is -2.48. The Balaban J connectivity index is 1.75. The molecule has 2 rings (SSSR count). The van der Waals surface area contributed by atoms with Gasteiger partial charge in [0.05, 0.1) is 19.3 Å². The number of likely N-dealkylation sites (N-methyl/N-ethyl adjacent to an activating group) is 1. The Morgan fingerprint density at radius 3 is 2.18 bits per heavy atom. The highest BCUT2D eigenvalue weighted by molar-refractivity contribution is 4.98. The second kappa shape index (κ2) is 4.84. The van der Waals surface area contributed by atoms with Crippen molar-refractivity contribution in [3.63, 3.8) is 0 Å². The number of nitrogens with zero attached hydrogens (tertiary/aromatic N) is 1. The van der Waals surface area contributed by atoms with E-state index in [1.165, 1.54) is 19.3 Å². The Labute approximate surface area is 105 Å². The smallest absolute Gasteiger partial charge is 0.162 e. The summed E-state index contributed by atoms with van der Waals surface area (Å²) in [6, 6.07) is 0.334. The topological polar surface area (TPSA) is 33.7 Å². The van der Waals surface area contributed by atoms with Crippen LogP contribution in [0.3, 0.4) is 0 Å². The third-order valence-corrected chi connectivity index (χ3v) is 4.22. The lowest BCUT2D eigenvalue weighted by molar-refractivity contribution is -0.253. The van der Waals surface area contributed by atoms with Crippen LogP contribution in [-0.4, -0.2) is 56.1 Å². The maximum atomic E-state index is 5.66. The van der Waals surface area contributed by atoms with Crippen molar-refractivity contribution >= 4 is 0 Å². The van der Waals surface area contributed by atoms with Crippen molar-refractivity contribution in [2.24, 2.45) is 0 Å². The van der Waals surface area contributed by atoms with Crippen LogP contribution >= 0.6 is 0 Å². The van der Waals surface area contributed by atoms with E-state index in [-0.39, 0.29) is 0 Å². The molecule has 1 aliphatic heterocycles. The maximum Gasteiger partial charge on any atom is 0.162 e. The predicted octanol–water partition coefficient (Wildman–Crippen LogP) is 1.21. The van der Waals surface area contributed by atoms with Gasteiger partial charge in [-0.15, -0.1) is 0 Å². The van der Waals surface area contributed by atoms with Gasteiger partial charge in [0.15, 0.2) is 5.79 Å². The first-order valence-electron chi connectivity index (χ1n) is 6.62. The second-order valence-electron chi connectivity index (χ2n) is 6.07. The normalized spacial score (nSPS) is 28.1. The molecule has 0 spiro atoms. The first-order chi connectivity index (χ1) is 7.94. The number of hydrogen-bond donors (Lipinski definition) is 1. The van der Waals surface area contributed by atoms with E-state index in [1.54, 1.807) is 0 Å². The van der Waals surface area contributed by atoms with Crippen LogP contribution in [0.4, 0.5) is 0 Å². The fourth-order valence-electron chi connectivity index (χ4n) is 2.51. The van der Waals surface area contributed by atoms with E-state index < -0.39 is 5.79 Å². The highest BCUT2D eigenvalue weighted by Gasteiger charge is 2.39. The molecule has 4 heteroatoms. The van der Waals surface area contributed by atoms with Crippen LogP contribution in [-0.2, 0) is 9.47 Å². The van der Waals surface area contributed by atoms with Crippen molar-refractivity contribution < 1.29 is 9.47 Å². The van der Waals surface area contributed by atoms with Crippen LogP contribution in [0, 0.1) is 0 Å². The summed E-state index contributed by atoms with van der Waals surface area (Å²) in [5.74, 6) is -0.409. The zero-order valence-electron chi connectivity index (χ0n) is 11.6. The largest absolute Gasteiger partial charge is 0.349 e. The molecule has 1 saturated heterocycles. The van der Waals surface area contributed by atoms with Gasteiger partial charge < -0.3 is 19.7 Å². The minimum Gasteiger partial charge on any atom is -0.349 e. The Bertz CT molecular complexity index is 252. The lowest BCUT2D eigenvalue weighted by atomic mass is 9.75. The number of hydrogen-bond acceptors (Lipinski definition) is 4. The summed E-state index contributed by atoms with van der Waals surface area (Å²) in [6.07, 6.45) is 3.95. The highest BCUT2D eigenvalue weighted by atomic mass is 16.7. The average Bonchev–Trinajstić information content (AvgIpc) is 2.18. The summed E-state index contributed by atoms with van der Waals surface area (Å²) in [5, 5.41) is 3.59. The zero-order chi connectivity index (χ0) is 12.5. The Morgan fingerprint density at radius 2 is 1.76 bits per heavy atom. The zero-order valence-corrected chi connectivity index (χ0v) is 11.6. The Kier molecular flexibility index (Phi) is 3.78. The van der Waals surface area contributed by atoms with Crippen molar-refractivity contribution in [3.8, 4) is 0 Å². The summed E-state index contributed by atoms with van der Waals surface area (Å²) >= 11 is 0. The highest BCUT2D eigenvalue weighted by Crippen LogP contribution is 2.35. The lowest BCUT2D eigenvalue weighted by Crippen LogP contribution is -2.59. The van der Waals surface area contributed by atoms with Crippen molar-refractivity contribution in [2.75, 3.05) is 33.9 Å². The van der Waals surface area contributed by atoms with Crippen LogP contribution in [0.5, 0.6) is 0 Å². The third kappa shape index (κ3) is 2.99. The molecule has 0 aromatic heterocycles. The summed E-state index contributed by atoms with van der Waals surface area (Å²) in [5.41, 5.74) is 0.368. The van der Waals surface area contributed by atoms with E-state index in [1.807, 2.05) is 13.8 Å². The standard InChI is InChI=1S/C13H26N2O2/c1-12(2)16-8-11(9-17-12)14-10-13(15(3)4)6-5-7-13/h11,14H,5-10H2,1-4H3. The van der Waals surface area contributed by atoms with Crippen molar-refractivity contribution in [1.29, 1.82) is 0 Å². The van der Waals surface area contributed by atoms with Gasteiger partial charge in [-0.2, -0.15) is 0 Å². The molecule has 0 aromatic carbocycles. The van der Waals surface area contributed by atoms with Gasteiger partial charge in [-0.05, 0) is 47.2 Å². The first kappa shape index (κ1) is 13.3. The summed E-state index contributed by atoms with van der Waals surface area (Å²) in [6.45, 7) is 6.47. The molecule has 4 nitrogen and oxygen atoms in total. The van der Waals surface area contributed by atoms with E-state index in [0.29, 0.717) is 11.6 Å². The molecule has 0 unspecified atom stereocenters. The first-order valence-corrected chi connectivity index (χ1v) is 6.62. The summed E-state index contributed by atoms with van der Waals surface area (Å²) < 4.78 is 11.3. The number of ether oxygens (including phenoxy) is 2. The molecule has 0 aromatic rings. The van der Waals surface area contributed by atoms with Crippen LogP contribution in [0.1, 0.15) is 33.1 Å². The van der Waals surface area contributed by atoms with E-state index in [9.17, 15) is 0 Å². The molecule has 100 valence electrons. The second-order valence-corrected chi connectivity index (χ2v) is 6.07. The van der Waals surface area contributed by atoms with Crippen LogP contribution < -0.4 is 5.32 Å². The van der Waals surface area contributed by atoms with Gasteiger partial charge in [0, 0.05) is 12.1 Å². The minimum absolute atomic E-state index is 0.334. The number of rotatable bonds is 4. The van der Waals surface area contributed by atoms with Gasteiger partial charge in [-0.3, -0.25) is 0 Å². The molecule has 0 radical (unpaired) electrons. The third-order valence-electron chi connectivity index (χ3n) is 4.22. The van der Waals surface area contributed by atoms with Crippen molar-refractivity contribution in [2.45, 2.75) is 50.5 Å². The average molecular weight is 242 g/mol. The molecule has 2 fully saturated rings. The van der Waals surface area contributed by atoms with Gasteiger partial charge in [0.25, 0.3) is 0 Å². The maximum absolute atomic E-state index is 5.66. The molecule has 1 saturated carbocycles. The van der Waals surface area contributed by atoms with Gasteiger partial charge in [-0.1, -0.05) is 0 Å². The molecular weight excluding hydrogens is 216 g/mol. The Hall–Kier alpha value is -0.160. The summed E-state index contributed by atoms with van der Waals surface area (Å²) in [7, 11) is 4.36. The van der Waals surface area contributed by atoms with E-state index in [0.717, 1.165) is 19.8 Å². The molecule has 17 heavy (non-hydrogen) atoms. The molecule has 0 amide bonds. The fraction of sp³-hybridized carbons (Fsp3) is 1.00. The van der Waals surface area contributed by atoms with E-state index >= 15 is 0 Å². The van der Waals surface area contributed by atoms with Gasteiger partial charge in [0.1, 0.15) is 0 Å². The van der Waals surface area contributed by atoms with E-state index in [2.05, 4.69) is 24.3 Å². The van der Waals surface area contributed by atoms with Gasteiger partial charge in [0.2, 0.25) is 0 Å². The molecule has 0 bridgehead atoms. The van der Waals surface area contributed by atoms with Gasteiger partial charge >= 0.3 is 0 Å². The quantitative estimate of drug-likeness (QED) is 0.803. The van der Waals surface area contributed by atoms with Crippen LogP contribution in [0.2, 0.25) is 0 Å². The van der Waals surface area contributed by atoms with Crippen LogP contribution in [0.15, 0.2) is 0 Å². The fourth-order valence-corrected chi connectivity index (χ4v) is 2.51. The van der Waals surface area contributed by atoms with Crippen molar-refractivity contribution in [1.82, 2.24) is 10.2 Å². The summed E-state index contributed by atoms with van der Waals surface area (Å²) in [4.78, 5) is 2.36. The van der Waals surface area contributed by atoms with E-state index in [4.69, 9.17) is 9.47 Å². The monoisotopic (exact) mass is 242 g/mol. The van der Waals surface area contributed by atoms with Crippen LogP contribution in [0.25, 0.3) is 0 Å². The SMILES string of the molecule is CN(C)C1(CNC2COC(C)(C)OC2)CCC1. The number of nitrogens with one attached hydrogen (secondary N) is 1. The Morgan fingerprint density at radius 1 is 1.18 bits per heavy atom. The molecular formula is C13H26N2O2. The molecule has 0 atom stereocenters. The molecule has 1 heterocycles. The minimum atomic E-state index is -0.409.